The van der Waals surface area contributed by atoms with Crippen LogP contribution in [0.3, 0.4) is 0 Å². The molecule has 2 aromatic rings. The van der Waals surface area contributed by atoms with Crippen molar-refractivity contribution in [2.45, 2.75) is 32.7 Å². The molecule has 30 heavy (non-hydrogen) atoms. The van der Waals surface area contributed by atoms with Gasteiger partial charge in [-0.3, -0.25) is 9.59 Å². The number of methoxy groups -OCH3 is 2. The Morgan fingerprint density at radius 3 is 2.43 bits per heavy atom. The number of hydrogen-bond acceptors (Lipinski definition) is 7. The molecule has 0 fully saturated rings. The van der Waals surface area contributed by atoms with Crippen LogP contribution in [0.25, 0.3) is 0 Å². The van der Waals surface area contributed by atoms with E-state index in [9.17, 15) is 14.4 Å². The van der Waals surface area contributed by atoms with Crippen molar-refractivity contribution >= 4 is 23.5 Å². The van der Waals surface area contributed by atoms with Crippen LogP contribution in [0.5, 0.6) is 11.5 Å². The van der Waals surface area contributed by atoms with Crippen LogP contribution in [0.4, 0.5) is 5.69 Å². The average Bonchev–Trinajstić information content (AvgIpc) is 3.26. The maximum Gasteiger partial charge on any atom is 0.340 e. The molecule has 1 heterocycles. The number of hydrogen-bond donors (Lipinski definition) is 2. The van der Waals surface area contributed by atoms with Crippen LogP contribution < -0.4 is 20.1 Å². The van der Waals surface area contributed by atoms with Crippen molar-refractivity contribution in [2.75, 3.05) is 26.1 Å². The molecule has 2 amide bonds. The van der Waals surface area contributed by atoms with Crippen LogP contribution in [0.15, 0.2) is 34.9 Å². The van der Waals surface area contributed by atoms with Crippen molar-refractivity contribution in [3.05, 3.63) is 41.9 Å². The van der Waals surface area contributed by atoms with Crippen LogP contribution >= 0.6 is 0 Å². The molecule has 0 saturated carbocycles. The van der Waals surface area contributed by atoms with Crippen molar-refractivity contribution in [1.82, 2.24) is 5.32 Å². The number of nitrogens with one attached hydrogen (secondary N) is 2. The van der Waals surface area contributed by atoms with E-state index in [-0.39, 0.29) is 28.8 Å². The summed E-state index contributed by atoms with van der Waals surface area (Å²) >= 11 is 0. The van der Waals surface area contributed by atoms with Gasteiger partial charge in [0.2, 0.25) is 0 Å². The van der Waals surface area contributed by atoms with E-state index in [1.807, 2.05) is 13.8 Å². The standard InChI is InChI=1S/C21H26N2O7/c1-5-7-13(2)22-19(24)12-30-21(26)14-10-17(27-3)18(28-4)11-15(14)23-20(25)16-8-6-9-29-16/h6,8-11,13H,5,7,12H2,1-4H3,(H,22,24)(H,23,25)/t13-/m1/s1. The number of anilines is 1. The van der Waals surface area contributed by atoms with E-state index in [4.69, 9.17) is 18.6 Å². The lowest BCUT2D eigenvalue weighted by Gasteiger charge is -2.16. The number of ether oxygens (including phenoxy) is 3. The molecule has 1 atom stereocenters. The minimum Gasteiger partial charge on any atom is -0.493 e. The maximum absolute atomic E-state index is 12.6. The highest BCUT2D eigenvalue weighted by Gasteiger charge is 2.22. The summed E-state index contributed by atoms with van der Waals surface area (Å²) in [5, 5.41) is 5.34. The molecular formula is C21H26N2O7. The third kappa shape index (κ3) is 6.00. The molecule has 1 aromatic carbocycles. The van der Waals surface area contributed by atoms with Crippen LogP contribution in [-0.4, -0.2) is 44.7 Å². The van der Waals surface area contributed by atoms with E-state index in [0.29, 0.717) is 5.75 Å². The van der Waals surface area contributed by atoms with Crippen LogP contribution in [-0.2, 0) is 9.53 Å². The lowest BCUT2D eigenvalue weighted by molar-refractivity contribution is -0.124. The molecule has 0 unspecified atom stereocenters. The third-order valence-corrected chi connectivity index (χ3v) is 4.20. The molecule has 0 aliphatic heterocycles. The number of furan rings is 1. The highest BCUT2D eigenvalue weighted by Crippen LogP contribution is 2.34. The fourth-order valence-electron chi connectivity index (χ4n) is 2.77. The molecular weight excluding hydrogens is 392 g/mol. The first-order valence-electron chi connectivity index (χ1n) is 9.46. The molecule has 2 N–H and O–H groups in total. The van der Waals surface area contributed by atoms with Crippen molar-refractivity contribution in [1.29, 1.82) is 0 Å². The summed E-state index contributed by atoms with van der Waals surface area (Å²) in [4.78, 5) is 37.0. The molecule has 0 saturated heterocycles. The minimum absolute atomic E-state index is 0.00182. The Hall–Kier alpha value is -3.49. The van der Waals surface area contributed by atoms with Gasteiger partial charge in [-0.05, 0) is 25.5 Å². The third-order valence-electron chi connectivity index (χ3n) is 4.20. The Bertz CT molecular complexity index is 878. The molecule has 0 spiro atoms. The Morgan fingerprint density at radius 2 is 1.83 bits per heavy atom. The first kappa shape index (κ1) is 22.8. The monoisotopic (exact) mass is 418 g/mol. The van der Waals surface area contributed by atoms with Gasteiger partial charge in [0.25, 0.3) is 11.8 Å². The van der Waals surface area contributed by atoms with Crippen LogP contribution in [0.2, 0.25) is 0 Å². The van der Waals surface area contributed by atoms with Gasteiger partial charge in [0.1, 0.15) is 0 Å². The summed E-state index contributed by atoms with van der Waals surface area (Å²) in [7, 11) is 2.84. The summed E-state index contributed by atoms with van der Waals surface area (Å²) < 4.78 is 20.7. The number of esters is 1. The molecule has 0 bridgehead atoms. The largest absolute Gasteiger partial charge is 0.493 e. The molecule has 0 radical (unpaired) electrons. The zero-order valence-corrected chi connectivity index (χ0v) is 17.4. The molecule has 9 heteroatoms. The van der Waals surface area contributed by atoms with Crippen molar-refractivity contribution in [2.24, 2.45) is 0 Å². The van der Waals surface area contributed by atoms with E-state index in [0.717, 1.165) is 12.8 Å². The quantitative estimate of drug-likeness (QED) is 0.570. The molecule has 1 aromatic heterocycles. The molecule has 2 rings (SSSR count). The molecule has 9 nitrogen and oxygen atoms in total. The van der Waals surface area contributed by atoms with Crippen molar-refractivity contribution in [3.8, 4) is 11.5 Å². The number of rotatable bonds is 10. The van der Waals surface area contributed by atoms with Crippen LogP contribution in [0.1, 0.15) is 47.6 Å². The zero-order chi connectivity index (χ0) is 22.1. The van der Waals surface area contributed by atoms with Gasteiger partial charge in [0.05, 0.1) is 31.7 Å². The summed E-state index contributed by atoms with van der Waals surface area (Å²) in [5.41, 5.74) is 0.126. The van der Waals surface area contributed by atoms with Gasteiger partial charge in [0, 0.05) is 18.2 Å². The van der Waals surface area contributed by atoms with Crippen molar-refractivity contribution < 1.29 is 33.0 Å². The summed E-state index contributed by atoms with van der Waals surface area (Å²) in [5.74, 6) is -1.15. The maximum atomic E-state index is 12.6. The Balaban J connectivity index is 2.20. The van der Waals surface area contributed by atoms with Gasteiger partial charge in [0.15, 0.2) is 23.9 Å². The smallest absolute Gasteiger partial charge is 0.340 e. The van der Waals surface area contributed by atoms with E-state index >= 15 is 0 Å². The number of amides is 2. The summed E-state index contributed by atoms with van der Waals surface area (Å²) in [6.45, 7) is 3.44. The van der Waals surface area contributed by atoms with Gasteiger partial charge >= 0.3 is 5.97 Å². The van der Waals surface area contributed by atoms with E-state index in [1.54, 1.807) is 6.07 Å². The fraction of sp³-hybridized carbons (Fsp3) is 0.381. The normalized spacial score (nSPS) is 11.3. The summed E-state index contributed by atoms with van der Waals surface area (Å²) in [6.07, 6.45) is 3.10. The second-order valence-corrected chi connectivity index (χ2v) is 6.52. The SMILES string of the molecule is CCC[C@@H](C)NC(=O)COC(=O)c1cc(OC)c(OC)cc1NC(=O)c1ccco1. The highest BCUT2D eigenvalue weighted by atomic mass is 16.5. The second-order valence-electron chi connectivity index (χ2n) is 6.52. The number of benzene rings is 1. The summed E-state index contributed by atoms with van der Waals surface area (Å²) in [6, 6.07) is 5.83. The van der Waals surface area contributed by atoms with Crippen molar-refractivity contribution in [3.63, 3.8) is 0 Å². The Morgan fingerprint density at radius 1 is 1.13 bits per heavy atom. The molecule has 0 aliphatic rings. The Labute approximate surface area is 174 Å². The van der Waals surface area contributed by atoms with Gasteiger partial charge in [-0.1, -0.05) is 13.3 Å². The lowest BCUT2D eigenvalue weighted by atomic mass is 10.1. The molecule has 0 aliphatic carbocycles. The Kier molecular flexibility index (Phi) is 8.28. The van der Waals surface area contributed by atoms with E-state index in [1.165, 1.54) is 38.7 Å². The van der Waals surface area contributed by atoms with Gasteiger partial charge in [-0.15, -0.1) is 0 Å². The second kappa shape index (κ2) is 10.9. The zero-order valence-electron chi connectivity index (χ0n) is 17.4. The van der Waals surface area contributed by atoms with E-state index < -0.39 is 24.4 Å². The van der Waals surface area contributed by atoms with Gasteiger partial charge in [-0.25, -0.2) is 4.79 Å². The fourth-order valence-corrected chi connectivity index (χ4v) is 2.77. The highest BCUT2D eigenvalue weighted by molar-refractivity contribution is 6.07. The van der Waals surface area contributed by atoms with Gasteiger partial charge < -0.3 is 29.3 Å². The number of carbonyl (C=O) groups excluding carboxylic acids is 3. The van der Waals surface area contributed by atoms with Gasteiger partial charge in [-0.2, -0.15) is 0 Å². The van der Waals surface area contributed by atoms with E-state index in [2.05, 4.69) is 10.6 Å². The topological polar surface area (TPSA) is 116 Å². The minimum atomic E-state index is -0.802. The predicted molar refractivity (Wildman–Crippen MR) is 109 cm³/mol. The first-order valence-corrected chi connectivity index (χ1v) is 9.46. The average molecular weight is 418 g/mol. The van der Waals surface area contributed by atoms with Crippen LogP contribution in [0, 0.1) is 0 Å². The predicted octanol–water partition coefficient (Wildman–Crippen LogP) is 3.01. The lowest BCUT2D eigenvalue weighted by Crippen LogP contribution is -2.35. The molecule has 162 valence electrons. The first-order chi connectivity index (χ1) is 14.4. The number of carbonyl (C=O) groups is 3.